The number of ether oxygens (including phenoxy) is 1. The van der Waals surface area contributed by atoms with Crippen LogP contribution in [0.3, 0.4) is 0 Å². The van der Waals surface area contributed by atoms with Crippen LogP contribution in [0.1, 0.15) is 17.3 Å². The number of benzene rings is 1. The minimum Gasteiger partial charge on any atom is -0.481 e. The molecule has 1 heterocycles. The van der Waals surface area contributed by atoms with Crippen molar-refractivity contribution in [2.24, 2.45) is 7.05 Å². The molecule has 0 saturated carbocycles. The van der Waals surface area contributed by atoms with Gasteiger partial charge in [-0.05, 0) is 41.1 Å². The molecule has 0 spiro atoms. The average molecular weight is 375 g/mol. The second-order valence-electron chi connectivity index (χ2n) is 4.64. The standard InChI is InChI=1S/C14H17BrClN3O2/c1-8-13(14(21-3)19(2)18-8)12(7-20)17-9-4-5-11(16)10(15)6-9/h4-6,12,17,20H,7H2,1-3H3. The highest BCUT2D eigenvalue weighted by atomic mass is 79.9. The maximum Gasteiger partial charge on any atom is 0.216 e. The largest absolute Gasteiger partial charge is 0.481 e. The molecule has 2 rings (SSSR count). The maximum atomic E-state index is 9.73. The van der Waals surface area contributed by atoms with Crippen LogP contribution < -0.4 is 10.1 Å². The van der Waals surface area contributed by atoms with E-state index in [-0.39, 0.29) is 12.6 Å². The molecule has 21 heavy (non-hydrogen) atoms. The Morgan fingerprint density at radius 3 is 2.81 bits per heavy atom. The fourth-order valence-corrected chi connectivity index (χ4v) is 2.79. The fourth-order valence-electron chi connectivity index (χ4n) is 2.29. The number of aliphatic hydroxyl groups excluding tert-OH is 1. The third-order valence-corrected chi connectivity index (χ3v) is 4.41. The number of halogens is 2. The zero-order valence-corrected chi connectivity index (χ0v) is 14.4. The highest BCUT2D eigenvalue weighted by Gasteiger charge is 2.23. The van der Waals surface area contributed by atoms with Crippen LogP contribution in [0, 0.1) is 6.92 Å². The lowest BCUT2D eigenvalue weighted by Gasteiger charge is -2.19. The summed E-state index contributed by atoms with van der Waals surface area (Å²) in [6, 6.07) is 5.19. The Balaban J connectivity index is 2.34. The number of nitrogens with one attached hydrogen (secondary N) is 1. The molecule has 0 aliphatic carbocycles. The van der Waals surface area contributed by atoms with Gasteiger partial charge in [0, 0.05) is 17.2 Å². The average Bonchev–Trinajstić information content (AvgIpc) is 2.74. The molecule has 0 saturated heterocycles. The zero-order valence-electron chi connectivity index (χ0n) is 12.0. The monoisotopic (exact) mass is 373 g/mol. The predicted molar refractivity (Wildman–Crippen MR) is 87.1 cm³/mol. The first kappa shape index (κ1) is 16.1. The van der Waals surface area contributed by atoms with Crippen LogP contribution in [0.5, 0.6) is 5.88 Å². The summed E-state index contributed by atoms with van der Waals surface area (Å²) in [4.78, 5) is 0. The molecule has 7 heteroatoms. The molecule has 114 valence electrons. The molecular formula is C14H17BrClN3O2. The van der Waals surface area contributed by atoms with E-state index in [1.165, 1.54) is 0 Å². The van der Waals surface area contributed by atoms with Crippen LogP contribution in [0.4, 0.5) is 5.69 Å². The van der Waals surface area contributed by atoms with E-state index < -0.39 is 0 Å². The van der Waals surface area contributed by atoms with Gasteiger partial charge in [-0.25, -0.2) is 4.68 Å². The summed E-state index contributed by atoms with van der Waals surface area (Å²) in [6.07, 6.45) is 0. The lowest BCUT2D eigenvalue weighted by Crippen LogP contribution is -2.16. The topological polar surface area (TPSA) is 59.3 Å². The number of aliphatic hydroxyl groups is 1. The predicted octanol–water partition coefficient (Wildman–Crippen LogP) is 3.30. The molecule has 1 aromatic heterocycles. The van der Waals surface area contributed by atoms with E-state index in [1.807, 2.05) is 26.1 Å². The van der Waals surface area contributed by atoms with Crippen LogP contribution in [-0.2, 0) is 7.05 Å². The van der Waals surface area contributed by atoms with Gasteiger partial charge in [-0.15, -0.1) is 0 Å². The molecule has 0 bridgehead atoms. The first-order chi connectivity index (χ1) is 9.97. The van der Waals surface area contributed by atoms with Crippen LogP contribution in [0.25, 0.3) is 0 Å². The van der Waals surface area contributed by atoms with Gasteiger partial charge >= 0.3 is 0 Å². The Morgan fingerprint density at radius 1 is 1.52 bits per heavy atom. The minimum absolute atomic E-state index is 0.0802. The van der Waals surface area contributed by atoms with Crippen molar-refractivity contribution in [1.82, 2.24) is 9.78 Å². The third kappa shape index (κ3) is 3.33. The van der Waals surface area contributed by atoms with Crippen molar-refractivity contribution >= 4 is 33.2 Å². The summed E-state index contributed by atoms with van der Waals surface area (Å²) in [5.74, 6) is 0.632. The Hall–Kier alpha value is -1.24. The van der Waals surface area contributed by atoms with Crippen LogP contribution >= 0.6 is 27.5 Å². The Bertz CT molecular complexity index is 645. The molecule has 0 aliphatic rings. The second kappa shape index (κ2) is 6.68. The normalized spacial score (nSPS) is 12.3. The number of hydrogen-bond acceptors (Lipinski definition) is 4. The van der Waals surface area contributed by atoms with Crippen molar-refractivity contribution in [3.8, 4) is 5.88 Å². The first-order valence-corrected chi connectivity index (χ1v) is 7.55. The molecule has 1 atom stereocenters. The summed E-state index contributed by atoms with van der Waals surface area (Å²) in [7, 11) is 3.40. The molecule has 2 aromatic rings. The number of hydrogen-bond donors (Lipinski definition) is 2. The molecule has 0 radical (unpaired) electrons. The first-order valence-electron chi connectivity index (χ1n) is 6.37. The smallest absolute Gasteiger partial charge is 0.216 e. The van der Waals surface area contributed by atoms with Crippen LogP contribution in [0.15, 0.2) is 22.7 Å². The summed E-state index contributed by atoms with van der Waals surface area (Å²) < 4.78 is 7.83. The maximum absolute atomic E-state index is 9.73. The number of nitrogens with zero attached hydrogens (tertiary/aromatic N) is 2. The highest BCUT2D eigenvalue weighted by molar-refractivity contribution is 9.10. The van der Waals surface area contributed by atoms with E-state index in [0.717, 1.165) is 21.4 Å². The van der Waals surface area contributed by atoms with Crippen molar-refractivity contribution in [3.63, 3.8) is 0 Å². The molecule has 1 unspecified atom stereocenters. The van der Waals surface area contributed by atoms with Gasteiger partial charge in [0.15, 0.2) is 0 Å². The molecule has 0 aliphatic heterocycles. The van der Waals surface area contributed by atoms with Gasteiger partial charge in [-0.2, -0.15) is 5.10 Å². The van der Waals surface area contributed by atoms with Crippen molar-refractivity contribution in [2.75, 3.05) is 19.0 Å². The van der Waals surface area contributed by atoms with E-state index >= 15 is 0 Å². The summed E-state index contributed by atoms with van der Waals surface area (Å²) in [5.41, 5.74) is 2.50. The Labute approximate surface area is 137 Å². The molecule has 2 N–H and O–H groups in total. The summed E-state index contributed by atoms with van der Waals surface area (Å²) in [6.45, 7) is 1.81. The molecule has 0 amide bonds. The van der Waals surface area contributed by atoms with Crippen molar-refractivity contribution in [3.05, 3.63) is 39.0 Å². The van der Waals surface area contributed by atoms with E-state index in [2.05, 4.69) is 26.3 Å². The molecular weight excluding hydrogens is 358 g/mol. The molecule has 0 fully saturated rings. The summed E-state index contributed by atoms with van der Waals surface area (Å²) in [5, 5.41) is 18.0. The van der Waals surface area contributed by atoms with Gasteiger partial charge in [-0.3, -0.25) is 0 Å². The quantitative estimate of drug-likeness (QED) is 0.843. The zero-order chi connectivity index (χ0) is 15.6. The van der Waals surface area contributed by atoms with Crippen LogP contribution in [-0.4, -0.2) is 28.6 Å². The minimum atomic E-state index is -0.318. The fraction of sp³-hybridized carbons (Fsp3) is 0.357. The number of aromatic nitrogens is 2. The van der Waals surface area contributed by atoms with E-state index in [1.54, 1.807) is 17.9 Å². The number of rotatable bonds is 5. The molecule has 1 aromatic carbocycles. The third-order valence-electron chi connectivity index (χ3n) is 3.20. The Morgan fingerprint density at radius 2 is 2.24 bits per heavy atom. The van der Waals surface area contributed by atoms with Crippen molar-refractivity contribution in [1.29, 1.82) is 0 Å². The van der Waals surface area contributed by atoms with Gasteiger partial charge in [0.05, 0.1) is 36.0 Å². The number of aryl methyl sites for hydroxylation is 2. The van der Waals surface area contributed by atoms with Crippen molar-refractivity contribution < 1.29 is 9.84 Å². The van der Waals surface area contributed by atoms with Gasteiger partial charge < -0.3 is 15.2 Å². The van der Waals surface area contributed by atoms with Crippen LogP contribution in [0.2, 0.25) is 5.02 Å². The SMILES string of the molecule is COc1c(C(CO)Nc2ccc(Cl)c(Br)c2)c(C)nn1C. The van der Waals surface area contributed by atoms with Gasteiger partial charge in [0.25, 0.3) is 0 Å². The second-order valence-corrected chi connectivity index (χ2v) is 5.90. The lowest BCUT2D eigenvalue weighted by molar-refractivity contribution is 0.271. The number of anilines is 1. The van der Waals surface area contributed by atoms with E-state index in [9.17, 15) is 5.11 Å². The molecule has 5 nitrogen and oxygen atoms in total. The highest BCUT2D eigenvalue weighted by Crippen LogP contribution is 2.32. The van der Waals surface area contributed by atoms with Gasteiger partial charge in [0.1, 0.15) is 0 Å². The van der Waals surface area contributed by atoms with Crippen molar-refractivity contribution in [2.45, 2.75) is 13.0 Å². The van der Waals surface area contributed by atoms with E-state index in [4.69, 9.17) is 16.3 Å². The lowest BCUT2D eigenvalue weighted by atomic mass is 10.1. The summed E-state index contributed by atoms with van der Waals surface area (Å²) >= 11 is 9.37. The van der Waals surface area contributed by atoms with Gasteiger partial charge in [0.2, 0.25) is 5.88 Å². The van der Waals surface area contributed by atoms with Gasteiger partial charge in [-0.1, -0.05) is 11.6 Å². The Kier molecular flexibility index (Phi) is 5.13. The van der Waals surface area contributed by atoms with E-state index in [0.29, 0.717) is 10.9 Å². The number of methoxy groups -OCH3 is 1.